The molecule has 23 heavy (non-hydrogen) atoms. The van der Waals surface area contributed by atoms with E-state index in [4.69, 9.17) is 8.85 Å². The van der Waals surface area contributed by atoms with Crippen LogP contribution in [-0.2, 0) is 8.85 Å². The van der Waals surface area contributed by atoms with E-state index in [1.54, 1.807) is 0 Å². The second kappa shape index (κ2) is 9.58. The van der Waals surface area contributed by atoms with E-state index < -0.39 is 8.56 Å². The summed E-state index contributed by atoms with van der Waals surface area (Å²) in [6.07, 6.45) is 13.1. The fourth-order valence-corrected chi connectivity index (χ4v) is 10.4. The maximum absolute atomic E-state index is 6.81. The summed E-state index contributed by atoms with van der Waals surface area (Å²) in [7, 11) is -2.10. The summed E-state index contributed by atoms with van der Waals surface area (Å²) in [4.78, 5) is 0. The van der Waals surface area contributed by atoms with Crippen molar-refractivity contribution >= 4 is 8.56 Å². The summed E-state index contributed by atoms with van der Waals surface area (Å²) < 4.78 is 13.6. The van der Waals surface area contributed by atoms with Crippen molar-refractivity contribution < 1.29 is 8.85 Å². The summed E-state index contributed by atoms with van der Waals surface area (Å²) in [6, 6.07) is 0. The van der Waals surface area contributed by atoms with E-state index in [1.165, 1.54) is 57.8 Å². The molecular formula is C20H40O2Si. The molecule has 0 aliphatic heterocycles. The molecule has 3 unspecified atom stereocenters. The van der Waals surface area contributed by atoms with Crippen LogP contribution < -0.4 is 0 Å². The van der Waals surface area contributed by atoms with Gasteiger partial charge < -0.3 is 8.85 Å². The first-order valence-electron chi connectivity index (χ1n) is 10.4. The minimum Gasteiger partial charge on any atom is -0.394 e. The SMILES string of the molecule is CCCCO[Si](OCCC)(C1CCCC1)C1CC(C)CC(C)C1. The molecule has 2 saturated carbocycles. The van der Waals surface area contributed by atoms with Crippen LogP contribution in [0.15, 0.2) is 0 Å². The van der Waals surface area contributed by atoms with Gasteiger partial charge in [0.1, 0.15) is 0 Å². The first-order valence-corrected chi connectivity index (χ1v) is 12.4. The zero-order chi connectivity index (χ0) is 16.7. The molecule has 0 heterocycles. The van der Waals surface area contributed by atoms with E-state index in [0.717, 1.165) is 42.6 Å². The van der Waals surface area contributed by atoms with Crippen molar-refractivity contribution in [2.75, 3.05) is 13.2 Å². The molecule has 0 aromatic carbocycles. The fourth-order valence-electron chi connectivity index (χ4n) is 5.09. The van der Waals surface area contributed by atoms with Gasteiger partial charge in [0.25, 0.3) is 0 Å². The van der Waals surface area contributed by atoms with Gasteiger partial charge in [-0.3, -0.25) is 0 Å². The first-order chi connectivity index (χ1) is 11.1. The lowest BCUT2D eigenvalue weighted by molar-refractivity contribution is 0.127. The van der Waals surface area contributed by atoms with Crippen LogP contribution >= 0.6 is 0 Å². The van der Waals surface area contributed by atoms with E-state index in [0.29, 0.717) is 0 Å². The van der Waals surface area contributed by atoms with Crippen LogP contribution in [0.5, 0.6) is 0 Å². The first kappa shape index (κ1) is 19.5. The third-order valence-corrected chi connectivity index (χ3v) is 10.7. The number of hydrogen-bond donors (Lipinski definition) is 0. The third-order valence-electron chi connectivity index (χ3n) is 6.03. The Morgan fingerprint density at radius 2 is 1.39 bits per heavy atom. The summed E-state index contributed by atoms with van der Waals surface area (Å²) in [5.41, 5.74) is 1.49. The molecule has 0 aromatic heterocycles. The van der Waals surface area contributed by atoms with Crippen LogP contribution in [0.25, 0.3) is 0 Å². The number of hydrogen-bond acceptors (Lipinski definition) is 2. The minimum atomic E-state index is -2.10. The van der Waals surface area contributed by atoms with Gasteiger partial charge >= 0.3 is 8.56 Å². The summed E-state index contributed by atoms with van der Waals surface area (Å²) in [5.74, 6) is 1.69. The molecule has 136 valence electrons. The predicted octanol–water partition coefficient (Wildman–Crippen LogP) is 6.44. The molecular weight excluding hydrogens is 300 g/mol. The average Bonchev–Trinajstić information content (AvgIpc) is 3.05. The van der Waals surface area contributed by atoms with Gasteiger partial charge in [-0.25, -0.2) is 0 Å². The maximum atomic E-state index is 6.81. The quantitative estimate of drug-likeness (QED) is 0.355. The Kier molecular flexibility index (Phi) is 8.10. The van der Waals surface area contributed by atoms with Crippen LogP contribution in [0.3, 0.4) is 0 Å². The lowest BCUT2D eigenvalue weighted by Crippen LogP contribution is -2.52. The van der Waals surface area contributed by atoms with Crippen molar-refractivity contribution in [2.24, 2.45) is 11.8 Å². The third kappa shape index (κ3) is 5.06. The molecule has 3 heteroatoms. The van der Waals surface area contributed by atoms with Crippen LogP contribution in [-0.4, -0.2) is 21.8 Å². The van der Waals surface area contributed by atoms with Crippen LogP contribution in [0.2, 0.25) is 11.1 Å². The van der Waals surface area contributed by atoms with Gasteiger partial charge in [0.15, 0.2) is 0 Å². The molecule has 0 saturated heterocycles. The Balaban J connectivity index is 2.20. The minimum absolute atomic E-state index is 0.729. The van der Waals surface area contributed by atoms with Gasteiger partial charge in [-0.1, -0.05) is 47.0 Å². The molecule has 2 aliphatic carbocycles. The molecule has 2 rings (SSSR count). The zero-order valence-corrected chi connectivity index (χ0v) is 17.1. The molecule has 0 radical (unpaired) electrons. The monoisotopic (exact) mass is 340 g/mol. The average molecular weight is 341 g/mol. The Bertz CT molecular complexity index is 320. The summed E-state index contributed by atoms with van der Waals surface area (Å²) in [5, 5.41) is 0. The van der Waals surface area contributed by atoms with Crippen molar-refractivity contribution in [3.8, 4) is 0 Å². The smallest absolute Gasteiger partial charge is 0.344 e. The lowest BCUT2D eigenvalue weighted by Gasteiger charge is -2.45. The Labute approximate surface area is 146 Å². The highest BCUT2D eigenvalue weighted by molar-refractivity contribution is 6.70. The Morgan fingerprint density at radius 3 is 1.96 bits per heavy atom. The zero-order valence-electron chi connectivity index (χ0n) is 16.1. The van der Waals surface area contributed by atoms with Crippen molar-refractivity contribution in [2.45, 2.75) is 103 Å². The van der Waals surface area contributed by atoms with Crippen molar-refractivity contribution in [1.82, 2.24) is 0 Å². The molecule has 0 N–H and O–H groups in total. The van der Waals surface area contributed by atoms with E-state index in [2.05, 4.69) is 27.7 Å². The van der Waals surface area contributed by atoms with Gasteiger partial charge in [0.2, 0.25) is 0 Å². The fraction of sp³-hybridized carbons (Fsp3) is 1.00. The van der Waals surface area contributed by atoms with Crippen LogP contribution in [0, 0.1) is 11.8 Å². The Hall–Kier alpha value is 0.137. The summed E-state index contributed by atoms with van der Waals surface area (Å²) in [6.45, 7) is 11.2. The molecule has 0 amide bonds. The van der Waals surface area contributed by atoms with E-state index in [-0.39, 0.29) is 0 Å². The normalized spacial score (nSPS) is 32.1. The second-order valence-electron chi connectivity index (χ2n) is 8.37. The molecule has 0 bridgehead atoms. The van der Waals surface area contributed by atoms with E-state index in [9.17, 15) is 0 Å². The highest BCUT2D eigenvalue weighted by atomic mass is 28.4. The van der Waals surface area contributed by atoms with E-state index >= 15 is 0 Å². The molecule has 2 fully saturated rings. The standard InChI is InChI=1S/C20H40O2Si/c1-5-7-13-22-23(21-12-6-2,19-10-8-9-11-19)20-15-17(3)14-18(4)16-20/h17-20H,5-16H2,1-4H3. The lowest BCUT2D eigenvalue weighted by atomic mass is 9.83. The highest BCUT2D eigenvalue weighted by Gasteiger charge is 2.54. The van der Waals surface area contributed by atoms with Crippen molar-refractivity contribution in [1.29, 1.82) is 0 Å². The van der Waals surface area contributed by atoms with Gasteiger partial charge in [0.05, 0.1) is 0 Å². The molecule has 0 spiro atoms. The van der Waals surface area contributed by atoms with Gasteiger partial charge in [-0.2, -0.15) is 0 Å². The Morgan fingerprint density at radius 1 is 0.783 bits per heavy atom. The summed E-state index contributed by atoms with van der Waals surface area (Å²) >= 11 is 0. The van der Waals surface area contributed by atoms with Crippen molar-refractivity contribution in [3.63, 3.8) is 0 Å². The maximum Gasteiger partial charge on any atom is 0.344 e. The number of unbranched alkanes of at least 4 members (excludes halogenated alkanes) is 1. The van der Waals surface area contributed by atoms with Gasteiger partial charge in [0, 0.05) is 24.3 Å². The molecule has 2 aliphatic rings. The van der Waals surface area contributed by atoms with Gasteiger partial charge in [-0.05, 0) is 56.8 Å². The van der Waals surface area contributed by atoms with Crippen molar-refractivity contribution in [3.05, 3.63) is 0 Å². The highest BCUT2D eigenvalue weighted by Crippen LogP contribution is 2.52. The topological polar surface area (TPSA) is 18.5 Å². The van der Waals surface area contributed by atoms with Gasteiger partial charge in [-0.15, -0.1) is 0 Å². The molecule has 0 aromatic rings. The molecule has 3 atom stereocenters. The van der Waals surface area contributed by atoms with Crippen LogP contribution in [0.1, 0.15) is 91.9 Å². The predicted molar refractivity (Wildman–Crippen MR) is 101 cm³/mol. The number of rotatable bonds is 9. The largest absolute Gasteiger partial charge is 0.394 e. The van der Waals surface area contributed by atoms with Crippen LogP contribution in [0.4, 0.5) is 0 Å². The second-order valence-corrected chi connectivity index (χ2v) is 12.0. The molecule has 2 nitrogen and oxygen atoms in total. The van der Waals surface area contributed by atoms with E-state index in [1.807, 2.05) is 0 Å².